The Hall–Kier alpha value is -1.65. The maximum atomic E-state index is 11.6. The van der Waals surface area contributed by atoms with Crippen LogP contribution in [0.5, 0.6) is 0 Å². The molecule has 1 aliphatic rings. The third-order valence-corrected chi connectivity index (χ3v) is 2.82. The van der Waals surface area contributed by atoms with E-state index in [9.17, 15) is 14.4 Å². The van der Waals surface area contributed by atoms with Crippen molar-refractivity contribution in [1.29, 1.82) is 0 Å². The maximum absolute atomic E-state index is 11.6. The van der Waals surface area contributed by atoms with Crippen LogP contribution < -0.4 is 5.32 Å². The molecule has 1 heterocycles. The fourth-order valence-electron chi connectivity index (χ4n) is 1.39. The van der Waals surface area contributed by atoms with Crippen LogP contribution >= 0.6 is 0 Å². The molecule has 17 heavy (non-hydrogen) atoms. The first-order valence-corrected chi connectivity index (χ1v) is 5.70. The fraction of sp³-hybridized carbons (Fsp3) is 0.583. The Morgan fingerprint density at radius 1 is 1.29 bits per heavy atom. The van der Waals surface area contributed by atoms with Gasteiger partial charge in [0.25, 0.3) is 11.8 Å². The second-order valence-corrected chi connectivity index (χ2v) is 4.70. The highest BCUT2D eigenvalue weighted by Crippen LogP contribution is 2.08. The molecular formula is C12H18N2O3. The van der Waals surface area contributed by atoms with Gasteiger partial charge in [-0.15, -0.1) is 0 Å². The van der Waals surface area contributed by atoms with Gasteiger partial charge in [0.05, 0.1) is 0 Å². The van der Waals surface area contributed by atoms with Crippen molar-refractivity contribution in [3.8, 4) is 0 Å². The molecule has 0 saturated carbocycles. The zero-order valence-corrected chi connectivity index (χ0v) is 10.4. The lowest BCUT2D eigenvalue weighted by Gasteiger charge is -2.25. The summed E-state index contributed by atoms with van der Waals surface area (Å²) in [5.74, 6) is -0.848. The van der Waals surface area contributed by atoms with E-state index < -0.39 is 0 Å². The van der Waals surface area contributed by atoms with Crippen LogP contribution in [-0.4, -0.2) is 34.7 Å². The molecule has 0 spiro atoms. The van der Waals surface area contributed by atoms with Crippen molar-refractivity contribution >= 4 is 17.7 Å². The van der Waals surface area contributed by atoms with Crippen LogP contribution in [0.4, 0.5) is 0 Å². The van der Waals surface area contributed by atoms with Gasteiger partial charge in [-0.1, -0.05) is 6.92 Å². The lowest BCUT2D eigenvalue weighted by Crippen LogP contribution is -2.44. The third-order valence-electron chi connectivity index (χ3n) is 2.82. The molecule has 0 unspecified atom stereocenters. The van der Waals surface area contributed by atoms with Gasteiger partial charge in [0.15, 0.2) is 0 Å². The van der Waals surface area contributed by atoms with Crippen LogP contribution in [0.3, 0.4) is 0 Å². The quantitative estimate of drug-likeness (QED) is 0.713. The summed E-state index contributed by atoms with van der Waals surface area (Å²) in [6, 6.07) is 0. The van der Waals surface area contributed by atoms with Crippen LogP contribution in [0.25, 0.3) is 0 Å². The van der Waals surface area contributed by atoms with E-state index in [1.54, 1.807) is 0 Å². The van der Waals surface area contributed by atoms with Gasteiger partial charge in [-0.2, -0.15) is 0 Å². The van der Waals surface area contributed by atoms with Crippen LogP contribution in [-0.2, 0) is 14.4 Å². The Morgan fingerprint density at radius 2 is 1.82 bits per heavy atom. The Balaban J connectivity index is 2.39. The Bertz CT molecular complexity index is 354. The first-order chi connectivity index (χ1) is 7.85. The number of carbonyl (C=O) groups is 3. The molecule has 5 nitrogen and oxygen atoms in total. The summed E-state index contributed by atoms with van der Waals surface area (Å²) >= 11 is 0. The summed E-state index contributed by atoms with van der Waals surface area (Å²) in [5.41, 5.74) is -0.256. The first-order valence-electron chi connectivity index (χ1n) is 5.70. The highest BCUT2D eigenvalue weighted by Gasteiger charge is 2.24. The second kappa shape index (κ2) is 5.12. The monoisotopic (exact) mass is 238 g/mol. The molecule has 0 aromatic carbocycles. The number of hydrogen-bond acceptors (Lipinski definition) is 3. The van der Waals surface area contributed by atoms with Gasteiger partial charge < -0.3 is 5.32 Å². The van der Waals surface area contributed by atoms with E-state index in [4.69, 9.17) is 0 Å². The standard InChI is InChI=1S/C12H18N2O3/c1-4-12(2,3)13-9(15)7-8-14-10(16)5-6-11(14)17/h5-6H,4,7-8H2,1-3H3,(H,13,15). The van der Waals surface area contributed by atoms with E-state index in [0.717, 1.165) is 11.3 Å². The van der Waals surface area contributed by atoms with Crippen molar-refractivity contribution in [2.45, 2.75) is 39.2 Å². The summed E-state index contributed by atoms with van der Waals surface area (Å²) < 4.78 is 0. The molecule has 1 N–H and O–H groups in total. The topological polar surface area (TPSA) is 66.5 Å². The molecule has 0 bridgehead atoms. The highest BCUT2D eigenvalue weighted by molar-refractivity contribution is 6.13. The van der Waals surface area contributed by atoms with Gasteiger partial charge in [0.1, 0.15) is 0 Å². The number of carbonyl (C=O) groups excluding carboxylic acids is 3. The molecule has 5 heteroatoms. The van der Waals surface area contributed by atoms with Crippen LogP contribution in [0, 0.1) is 0 Å². The molecule has 0 aromatic heterocycles. The van der Waals surface area contributed by atoms with Gasteiger partial charge in [-0.25, -0.2) is 0 Å². The average molecular weight is 238 g/mol. The van der Waals surface area contributed by atoms with Gasteiger partial charge in [-0.3, -0.25) is 19.3 Å². The number of imide groups is 1. The van der Waals surface area contributed by atoms with Crippen molar-refractivity contribution in [1.82, 2.24) is 10.2 Å². The summed E-state index contributed by atoms with van der Waals surface area (Å²) in [6.45, 7) is 5.98. The van der Waals surface area contributed by atoms with Gasteiger partial charge >= 0.3 is 0 Å². The van der Waals surface area contributed by atoms with E-state index in [1.807, 2.05) is 20.8 Å². The van der Waals surface area contributed by atoms with E-state index in [0.29, 0.717) is 0 Å². The fourth-order valence-corrected chi connectivity index (χ4v) is 1.39. The van der Waals surface area contributed by atoms with Crippen LogP contribution in [0.2, 0.25) is 0 Å². The average Bonchev–Trinajstić information content (AvgIpc) is 2.55. The number of rotatable bonds is 5. The summed E-state index contributed by atoms with van der Waals surface area (Å²) in [5, 5.41) is 2.85. The van der Waals surface area contributed by atoms with Crippen molar-refractivity contribution in [2.24, 2.45) is 0 Å². The molecule has 0 radical (unpaired) electrons. The van der Waals surface area contributed by atoms with Gasteiger partial charge in [-0.05, 0) is 20.3 Å². The zero-order valence-electron chi connectivity index (χ0n) is 10.4. The molecule has 0 saturated heterocycles. The number of amides is 3. The SMILES string of the molecule is CCC(C)(C)NC(=O)CCN1C(=O)C=CC1=O. The molecule has 0 aliphatic carbocycles. The summed E-state index contributed by atoms with van der Waals surface area (Å²) in [4.78, 5) is 35.1. The lowest BCUT2D eigenvalue weighted by atomic mass is 10.0. The highest BCUT2D eigenvalue weighted by atomic mass is 16.2. The zero-order chi connectivity index (χ0) is 13.1. The largest absolute Gasteiger partial charge is 0.351 e. The normalized spacial score (nSPS) is 15.6. The number of nitrogens with zero attached hydrogens (tertiary/aromatic N) is 1. The van der Waals surface area contributed by atoms with E-state index >= 15 is 0 Å². The molecule has 3 amide bonds. The number of nitrogens with one attached hydrogen (secondary N) is 1. The predicted octanol–water partition coefficient (Wildman–Crippen LogP) is 0.606. The van der Waals surface area contributed by atoms with Crippen LogP contribution in [0.15, 0.2) is 12.2 Å². The smallest absolute Gasteiger partial charge is 0.253 e. The van der Waals surface area contributed by atoms with E-state index in [1.165, 1.54) is 12.2 Å². The summed E-state index contributed by atoms with van der Waals surface area (Å²) in [6.07, 6.45) is 3.40. The Morgan fingerprint density at radius 3 is 2.29 bits per heavy atom. The lowest BCUT2D eigenvalue weighted by molar-refractivity contribution is -0.137. The minimum absolute atomic E-state index is 0.135. The predicted molar refractivity (Wildman–Crippen MR) is 63.0 cm³/mol. The maximum Gasteiger partial charge on any atom is 0.253 e. The van der Waals surface area contributed by atoms with Crippen molar-refractivity contribution < 1.29 is 14.4 Å². The minimum Gasteiger partial charge on any atom is -0.351 e. The second-order valence-electron chi connectivity index (χ2n) is 4.70. The molecule has 1 rings (SSSR count). The van der Waals surface area contributed by atoms with E-state index in [-0.39, 0.29) is 36.2 Å². The Kier molecular flexibility index (Phi) is 4.04. The van der Waals surface area contributed by atoms with Crippen molar-refractivity contribution in [2.75, 3.05) is 6.54 Å². The molecule has 0 atom stereocenters. The van der Waals surface area contributed by atoms with Crippen LogP contribution in [0.1, 0.15) is 33.6 Å². The minimum atomic E-state index is -0.349. The van der Waals surface area contributed by atoms with Gasteiger partial charge in [0, 0.05) is 30.7 Å². The number of hydrogen-bond donors (Lipinski definition) is 1. The van der Waals surface area contributed by atoms with E-state index in [2.05, 4.69) is 5.32 Å². The third kappa shape index (κ3) is 3.69. The summed E-state index contributed by atoms with van der Waals surface area (Å²) in [7, 11) is 0. The molecule has 0 fully saturated rings. The molecule has 1 aliphatic heterocycles. The van der Waals surface area contributed by atoms with Crippen molar-refractivity contribution in [3.63, 3.8) is 0 Å². The molecule has 0 aromatic rings. The molecule has 94 valence electrons. The first kappa shape index (κ1) is 13.4. The molecular weight excluding hydrogens is 220 g/mol. The van der Waals surface area contributed by atoms with Gasteiger partial charge in [0.2, 0.25) is 5.91 Å². The Labute approximate surface area is 101 Å². The van der Waals surface area contributed by atoms with Crippen molar-refractivity contribution in [3.05, 3.63) is 12.2 Å².